The molecule has 0 saturated carbocycles. The lowest BCUT2D eigenvalue weighted by atomic mass is 10.1. The normalized spacial score (nSPS) is 19.6. The van der Waals surface area contributed by atoms with Gasteiger partial charge in [0.25, 0.3) is 12.3 Å². The van der Waals surface area contributed by atoms with Gasteiger partial charge in [0.2, 0.25) is 11.8 Å². The highest BCUT2D eigenvalue weighted by molar-refractivity contribution is 6.31. The Bertz CT molecular complexity index is 869. The zero-order valence-corrected chi connectivity index (χ0v) is 14.4. The van der Waals surface area contributed by atoms with E-state index in [9.17, 15) is 26.7 Å². The minimum atomic E-state index is -4.70. The minimum Gasteiger partial charge on any atom is -0.352 e. The van der Waals surface area contributed by atoms with Gasteiger partial charge in [-0.1, -0.05) is 11.6 Å². The van der Waals surface area contributed by atoms with Crippen LogP contribution in [0.2, 0.25) is 5.02 Å². The third kappa shape index (κ3) is 3.97. The highest BCUT2D eigenvalue weighted by Gasteiger charge is 2.35. The van der Waals surface area contributed by atoms with Gasteiger partial charge in [-0.3, -0.25) is 4.79 Å². The first kappa shape index (κ1) is 19.3. The summed E-state index contributed by atoms with van der Waals surface area (Å²) < 4.78 is 66.0. The van der Waals surface area contributed by atoms with Gasteiger partial charge in [0.1, 0.15) is 6.04 Å². The maximum absolute atomic E-state index is 13.2. The van der Waals surface area contributed by atoms with Gasteiger partial charge in [-0.05, 0) is 31.5 Å². The van der Waals surface area contributed by atoms with Crippen LogP contribution < -0.4 is 10.6 Å². The Balaban J connectivity index is 1.85. The molecule has 0 unspecified atom stereocenters. The molecule has 1 aliphatic rings. The second-order valence-electron chi connectivity index (χ2n) is 6.03. The van der Waals surface area contributed by atoms with E-state index in [2.05, 4.69) is 20.7 Å². The van der Waals surface area contributed by atoms with E-state index in [0.717, 1.165) is 10.7 Å². The summed E-state index contributed by atoms with van der Waals surface area (Å²) in [4.78, 5) is 16.1. The summed E-state index contributed by atoms with van der Waals surface area (Å²) in [6.45, 7) is 1.68. The molecule has 2 aromatic rings. The number of hydrogen-bond acceptors (Lipinski definition) is 4. The minimum absolute atomic E-state index is 0.00344. The van der Waals surface area contributed by atoms with Crippen LogP contribution in [-0.2, 0) is 6.18 Å². The van der Waals surface area contributed by atoms with Crippen molar-refractivity contribution in [1.29, 1.82) is 0 Å². The number of amides is 1. The van der Waals surface area contributed by atoms with Crippen LogP contribution in [0.25, 0.3) is 0 Å². The maximum Gasteiger partial charge on any atom is 0.417 e. The van der Waals surface area contributed by atoms with Crippen molar-refractivity contribution in [1.82, 2.24) is 14.8 Å². The number of nitrogens with zero attached hydrogens (tertiary/aromatic N) is 3. The van der Waals surface area contributed by atoms with E-state index in [1.54, 1.807) is 6.92 Å². The largest absolute Gasteiger partial charge is 0.417 e. The van der Waals surface area contributed by atoms with E-state index in [0.29, 0.717) is 6.07 Å². The molecule has 0 bridgehead atoms. The number of nitrogens with one attached hydrogen (secondary N) is 2. The third-order valence-electron chi connectivity index (χ3n) is 3.94. The van der Waals surface area contributed by atoms with Gasteiger partial charge in [0, 0.05) is 11.7 Å². The number of carbonyl (C=O) groups excluding carboxylic acids is 1. The number of rotatable bonds is 3. The summed E-state index contributed by atoms with van der Waals surface area (Å²) in [6, 6.07) is 1.27. The van der Waals surface area contributed by atoms with Gasteiger partial charge in [0.15, 0.2) is 0 Å². The molecule has 146 valence electrons. The molecular weight excluding hydrogens is 397 g/mol. The van der Waals surface area contributed by atoms with Crippen LogP contribution in [0.1, 0.15) is 35.6 Å². The number of aromatic nitrogens is 3. The molecule has 6 nitrogen and oxygen atoms in total. The molecule has 1 aromatic carbocycles. The van der Waals surface area contributed by atoms with E-state index in [1.807, 2.05) is 0 Å². The lowest BCUT2D eigenvalue weighted by molar-refractivity contribution is -0.137. The van der Waals surface area contributed by atoms with E-state index < -0.39 is 41.0 Å². The molecule has 1 amide bonds. The molecule has 1 aromatic heterocycles. The third-order valence-corrected chi connectivity index (χ3v) is 4.27. The number of hydrogen-bond donors (Lipinski definition) is 2. The lowest BCUT2D eigenvalue weighted by Gasteiger charge is -2.28. The molecule has 0 spiro atoms. The van der Waals surface area contributed by atoms with Gasteiger partial charge in [-0.15, -0.1) is 5.10 Å². The van der Waals surface area contributed by atoms with Crippen LogP contribution in [0.4, 0.5) is 33.6 Å². The predicted molar refractivity (Wildman–Crippen MR) is 87.2 cm³/mol. The summed E-state index contributed by atoms with van der Waals surface area (Å²) in [6.07, 6.45) is -7.33. The summed E-state index contributed by atoms with van der Waals surface area (Å²) in [5.41, 5.74) is -1.30. The fraction of sp³-hybridized carbons (Fsp3) is 0.400. The first-order valence-electron chi connectivity index (χ1n) is 7.75. The summed E-state index contributed by atoms with van der Waals surface area (Å²) in [5, 5.41) is 8.30. The zero-order valence-electron chi connectivity index (χ0n) is 13.7. The molecule has 2 N–H and O–H groups in total. The smallest absolute Gasteiger partial charge is 0.352 e. The summed E-state index contributed by atoms with van der Waals surface area (Å²) in [7, 11) is 0. The fourth-order valence-corrected chi connectivity index (χ4v) is 2.93. The molecule has 0 radical (unpaired) electrons. The monoisotopic (exact) mass is 409 g/mol. The SMILES string of the molecule is C[C@@H]1C[C@H](C(F)F)n2nc(C(=O)Nc3ccc(Cl)c(C(F)(F)F)c3)nc2N1. The molecule has 0 aliphatic carbocycles. The molecule has 0 saturated heterocycles. The maximum atomic E-state index is 13.2. The average molecular weight is 410 g/mol. The quantitative estimate of drug-likeness (QED) is 0.745. The number of benzene rings is 1. The van der Waals surface area contributed by atoms with Crippen LogP contribution in [0.3, 0.4) is 0 Å². The highest BCUT2D eigenvalue weighted by Crippen LogP contribution is 2.36. The van der Waals surface area contributed by atoms with Crippen LogP contribution in [0.5, 0.6) is 0 Å². The Morgan fingerprint density at radius 3 is 2.74 bits per heavy atom. The van der Waals surface area contributed by atoms with Crippen LogP contribution in [0.15, 0.2) is 18.2 Å². The molecule has 2 atom stereocenters. The molecule has 3 rings (SSSR count). The Morgan fingerprint density at radius 1 is 1.41 bits per heavy atom. The second kappa shape index (κ2) is 6.95. The van der Waals surface area contributed by atoms with Crippen molar-refractivity contribution >= 4 is 29.1 Å². The van der Waals surface area contributed by atoms with Crippen molar-refractivity contribution in [3.8, 4) is 0 Å². The standard InChI is InChI=1S/C15H13ClF5N5O/c1-6-4-10(11(17)18)26-14(22-6)24-12(25-26)13(27)23-7-2-3-9(16)8(5-7)15(19,20)21/h2-3,5-6,10-11H,4H2,1H3,(H,23,27)(H,22,24,25)/t6-,10-/m1/s1. The van der Waals surface area contributed by atoms with Gasteiger partial charge < -0.3 is 10.6 Å². The van der Waals surface area contributed by atoms with Crippen molar-refractivity contribution in [2.75, 3.05) is 10.6 Å². The van der Waals surface area contributed by atoms with E-state index in [1.165, 1.54) is 6.07 Å². The topological polar surface area (TPSA) is 71.8 Å². The molecule has 0 fully saturated rings. The molecule has 1 aliphatic heterocycles. The van der Waals surface area contributed by atoms with Crippen molar-refractivity contribution in [2.45, 2.75) is 38.0 Å². The van der Waals surface area contributed by atoms with Crippen molar-refractivity contribution in [2.24, 2.45) is 0 Å². The Labute approximate surface area is 154 Å². The first-order valence-corrected chi connectivity index (χ1v) is 8.13. The molecule has 2 heterocycles. The van der Waals surface area contributed by atoms with Crippen molar-refractivity contribution in [3.05, 3.63) is 34.6 Å². The van der Waals surface area contributed by atoms with Crippen molar-refractivity contribution in [3.63, 3.8) is 0 Å². The average Bonchev–Trinajstić information content (AvgIpc) is 2.98. The second-order valence-corrected chi connectivity index (χ2v) is 6.44. The fourth-order valence-electron chi connectivity index (χ4n) is 2.71. The first-order chi connectivity index (χ1) is 12.6. The molecule has 12 heteroatoms. The number of carbonyl (C=O) groups is 1. The summed E-state index contributed by atoms with van der Waals surface area (Å²) in [5.74, 6) is -1.38. The molecule has 27 heavy (non-hydrogen) atoms. The van der Waals surface area contributed by atoms with Gasteiger partial charge in [-0.25, -0.2) is 13.5 Å². The van der Waals surface area contributed by atoms with Crippen LogP contribution >= 0.6 is 11.6 Å². The number of fused-ring (bicyclic) bond motifs is 1. The molecular formula is C15H13ClF5N5O. The number of alkyl halides is 5. The van der Waals surface area contributed by atoms with Gasteiger partial charge >= 0.3 is 6.18 Å². The highest BCUT2D eigenvalue weighted by atomic mass is 35.5. The van der Waals surface area contributed by atoms with E-state index >= 15 is 0 Å². The van der Waals surface area contributed by atoms with Crippen LogP contribution in [0, 0.1) is 0 Å². The Kier molecular flexibility index (Phi) is 4.98. The van der Waals surface area contributed by atoms with E-state index in [4.69, 9.17) is 11.6 Å². The van der Waals surface area contributed by atoms with Crippen LogP contribution in [-0.4, -0.2) is 33.1 Å². The number of halogens is 6. The Morgan fingerprint density at radius 2 is 2.11 bits per heavy atom. The van der Waals surface area contributed by atoms with Gasteiger partial charge in [0.05, 0.1) is 10.6 Å². The predicted octanol–water partition coefficient (Wildman–Crippen LogP) is 4.21. The van der Waals surface area contributed by atoms with Gasteiger partial charge in [-0.2, -0.15) is 18.2 Å². The van der Waals surface area contributed by atoms with E-state index in [-0.39, 0.29) is 24.1 Å². The van der Waals surface area contributed by atoms with Crippen molar-refractivity contribution < 1.29 is 26.7 Å². The summed E-state index contributed by atoms with van der Waals surface area (Å²) >= 11 is 5.52. The zero-order chi connectivity index (χ0) is 19.9. The lowest BCUT2D eigenvalue weighted by Crippen LogP contribution is -2.33. The number of anilines is 2. The Hall–Kier alpha value is -2.43.